The molecule has 44 heavy (non-hydrogen) atoms. The Labute approximate surface area is 252 Å². The van der Waals surface area contributed by atoms with Gasteiger partial charge in [-0.05, 0) is 48.5 Å². The molecule has 1 saturated heterocycles. The minimum atomic E-state index is -1.79. The summed E-state index contributed by atoms with van der Waals surface area (Å²) in [6.07, 6.45) is -7.61. The molecule has 5 rings (SSSR count). The first-order chi connectivity index (χ1) is 21.4. The van der Waals surface area contributed by atoms with Crippen molar-refractivity contribution in [1.82, 2.24) is 0 Å². The zero-order chi connectivity index (χ0) is 30.9. The summed E-state index contributed by atoms with van der Waals surface area (Å²) in [5.41, 5.74) is 0.791. The summed E-state index contributed by atoms with van der Waals surface area (Å²) in [7, 11) is 0. The van der Waals surface area contributed by atoms with Crippen LogP contribution in [-0.2, 0) is 23.7 Å². The van der Waals surface area contributed by atoms with Gasteiger partial charge in [-0.15, -0.1) is 0 Å². The zero-order valence-electron chi connectivity index (χ0n) is 23.3. The number of hydrogen-bond acceptors (Lipinski definition) is 10. The van der Waals surface area contributed by atoms with E-state index in [4.69, 9.17) is 23.7 Å². The van der Waals surface area contributed by atoms with E-state index in [0.29, 0.717) is 0 Å². The first kappa shape index (κ1) is 30.1. The largest absolute Gasteiger partial charge is 0.458 e. The molecule has 1 aliphatic rings. The molecular weight excluding hydrogens is 568 g/mol. The fourth-order valence-electron chi connectivity index (χ4n) is 4.55. The van der Waals surface area contributed by atoms with Crippen molar-refractivity contribution in [3.8, 4) is 0 Å². The zero-order valence-corrected chi connectivity index (χ0v) is 23.3. The average Bonchev–Trinajstić information content (AvgIpc) is 3.37. The maximum absolute atomic E-state index is 13.2. The van der Waals surface area contributed by atoms with Gasteiger partial charge in [-0.2, -0.15) is 0 Å². The van der Waals surface area contributed by atoms with E-state index in [1.165, 1.54) is 36.4 Å². The van der Waals surface area contributed by atoms with Crippen LogP contribution in [0.4, 0.5) is 0 Å². The van der Waals surface area contributed by atoms with Crippen LogP contribution in [0.5, 0.6) is 0 Å². The third-order valence-electron chi connectivity index (χ3n) is 6.75. The molecule has 5 atom stereocenters. The smallest absolute Gasteiger partial charge is 0.338 e. The summed E-state index contributed by atoms with van der Waals surface area (Å²) < 4.78 is 28.3. The van der Waals surface area contributed by atoms with Gasteiger partial charge in [-0.3, -0.25) is 0 Å². The van der Waals surface area contributed by atoms with Gasteiger partial charge in [0.1, 0.15) is 12.7 Å². The van der Waals surface area contributed by atoms with Crippen LogP contribution in [0.25, 0.3) is 0 Å². The van der Waals surface area contributed by atoms with Crippen LogP contribution in [0.15, 0.2) is 121 Å². The third-order valence-corrected chi connectivity index (χ3v) is 6.75. The highest BCUT2D eigenvalue weighted by Crippen LogP contribution is 2.31. The lowest BCUT2D eigenvalue weighted by Crippen LogP contribution is -2.47. The predicted molar refractivity (Wildman–Crippen MR) is 155 cm³/mol. The quantitative estimate of drug-likeness (QED) is 0.209. The van der Waals surface area contributed by atoms with E-state index >= 15 is 0 Å². The van der Waals surface area contributed by atoms with Crippen molar-refractivity contribution in [2.75, 3.05) is 6.61 Å². The van der Waals surface area contributed by atoms with Crippen LogP contribution in [0.2, 0.25) is 0 Å². The molecule has 1 N–H and O–H groups in total. The Hall–Kier alpha value is -5.32. The van der Waals surface area contributed by atoms with Crippen molar-refractivity contribution in [3.63, 3.8) is 0 Å². The second-order valence-corrected chi connectivity index (χ2v) is 9.74. The van der Waals surface area contributed by atoms with Gasteiger partial charge in [0.05, 0.1) is 22.3 Å². The summed E-state index contributed by atoms with van der Waals surface area (Å²) in [6.45, 7) is -0.539. The molecule has 1 fully saturated rings. The lowest BCUT2D eigenvalue weighted by atomic mass is 10.0. The van der Waals surface area contributed by atoms with E-state index in [1.807, 2.05) is 0 Å². The highest BCUT2D eigenvalue weighted by Gasteiger charge is 2.53. The lowest BCUT2D eigenvalue weighted by Gasteiger charge is -2.28. The van der Waals surface area contributed by atoms with Crippen molar-refractivity contribution >= 4 is 23.9 Å². The van der Waals surface area contributed by atoms with Crippen molar-refractivity contribution in [3.05, 3.63) is 144 Å². The number of rotatable bonds is 10. The molecule has 224 valence electrons. The molecule has 4 aromatic rings. The molecule has 0 aliphatic carbocycles. The summed E-state index contributed by atoms with van der Waals surface area (Å²) in [5, 5.41) is 10.9. The Kier molecular flexibility index (Phi) is 9.75. The Balaban J connectivity index is 1.45. The molecular formula is C34H28O10. The van der Waals surface area contributed by atoms with Gasteiger partial charge in [0.25, 0.3) is 0 Å². The van der Waals surface area contributed by atoms with Crippen molar-refractivity contribution in [1.29, 1.82) is 0 Å². The summed E-state index contributed by atoms with van der Waals surface area (Å²) in [4.78, 5) is 52.1. The Morgan fingerprint density at radius 1 is 0.568 bits per heavy atom. The van der Waals surface area contributed by atoms with Crippen molar-refractivity contribution in [2.45, 2.75) is 30.7 Å². The molecule has 0 amide bonds. The molecule has 0 saturated carbocycles. The molecule has 0 aromatic heterocycles. The van der Waals surface area contributed by atoms with Gasteiger partial charge in [-0.1, -0.05) is 72.8 Å². The number of aliphatic hydroxyl groups excluding tert-OH is 1. The summed E-state index contributed by atoms with van der Waals surface area (Å²) in [6, 6.07) is 32.2. The van der Waals surface area contributed by atoms with Crippen LogP contribution in [0.1, 0.15) is 41.4 Å². The molecule has 10 heteroatoms. The SMILES string of the molecule is O=C(OC[C@@H](OC(=O)c1ccccc1)[C@@H]1O[C@@H](O)[C@@H](OC(=O)c2ccccc2)[C@H]1OC(=O)c1ccccc1)c1ccccc1. The minimum Gasteiger partial charge on any atom is -0.458 e. The maximum Gasteiger partial charge on any atom is 0.338 e. The number of aliphatic hydroxyl groups is 1. The summed E-state index contributed by atoms with van der Waals surface area (Å²) >= 11 is 0. The topological polar surface area (TPSA) is 135 Å². The van der Waals surface area contributed by atoms with Gasteiger partial charge < -0.3 is 28.8 Å². The van der Waals surface area contributed by atoms with Crippen LogP contribution < -0.4 is 0 Å². The van der Waals surface area contributed by atoms with Gasteiger partial charge in [0.2, 0.25) is 0 Å². The Morgan fingerprint density at radius 2 is 0.955 bits per heavy atom. The number of carbonyl (C=O) groups is 4. The van der Waals surface area contributed by atoms with E-state index in [1.54, 1.807) is 84.9 Å². The van der Waals surface area contributed by atoms with E-state index in [9.17, 15) is 24.3 Å². The third kappa shape index (κ3) is 7.35. The van der Waals surface area contributed by atoms with Crippen LogP contribution in [-0.4, -0.2) is 66.3 Å². The fraction of sp³-hybridized carbons (Fsp3) is 0.176. The maximum atomic E-state index is 13.2. The van der Waals surface area contributed by atoms with Crippen LogP contribution in [0.3, 0.4) is 0 Å². The van der Waals surface area contributed by atoms with E-state index in [2.05, 4.69) is 0 Å². The highest BCUT2D eigenvalue weighted by atomic mass is 16.7. The second kappa shape index (κ2) is 14.2. The van der Waals surface area contributed by atoms with E-state index < -0.39 is 61.2 Å². The normalized spacial score (nSPS) is 19.8. The lowest BCUT2D eigenvalue weighted by molar-refractivity contribution is -0.153. The van der Waals surface area contributed by atoms with Crippen LogP contribution in [0, 0.1) is 0 Å². The summed E-state index contributed by atoms with van der Waals surface area (Å²) in [5.74, 6) is -3.13. The fourth-order valence-corrected chi connectivity index (χ4v) is 4.55. The molecule has 0 radical (unpaired) electrons. The average molecular weight is 597 g/mol. The minimum absolute atomic E-state index is 0.175. The van der Waals surface area contributed by atoms with Gasteiger partial charge in [0, 0.05) is 0 Å². The van der Waals surface area contributed by atoms with E-state index in [0.717, 1.165) is 0 Å². The Bertz CT molecular complexity index is 1560. The first-order valence-electron chi connectivity index (χ1n) is 13.7. The number of esters is 4. The van der Waals surface area contributed by atoms with Gasteiger partial charge >= 0.3 is 23.9 Å². The monoisotopic (exact) mass is 596 g/mol. The van der Waals surface area contributed by atoms with Crippen LogP contribution >= 0.6 is 0 Å². The molecule has 0 bridgehead atoms. The molecule has 1 heterocycles. The molecule has 0 spiro atoms. The molecule has 0 unspecified atom stereocenters. The van der Waals surface area contributed by atoms with Gasteiger partial charge in [-0.25, -0.2) is 19.2 Å². The Morgan fingerprint density at radius 3 is 1.41 bits per heavy atom. The standard InChI is InChI=1S/C34H28O10/c35-30(22-13-5-1-6-14-22)40-21-26(41-31(36)23-15-7-2-8-16-23)27-28(43-32(37)24-17-9-3-10-18-24)29(34(39)42-27)44-33(38)25-19-11-4-12-20-25/h1-20,26-29,34,39H,21H2/t26-,27+,28+,29+,34-/m1/s1. The van der Waals surface area contributed by atoms with E-state index in [-0.39, 0.29) is 22.3 Å². The van der Waals surface area contributed by atoms with Gasteiger partial charge in [0.15, 0.2) is 24.6 Å². The number of carbonyl (C=O) groups excluding carboxylic acids is 4. The predicted octanol–water partition coefficient (Wildman–Crippen LogP) is 4.24. The number of hydrogen-bond donors (Lipinski definition) is 1. The molecule has 10 nitrogen and oxygen atoms in total. The highest BCUT2D eigenvalue weighted by molar-refractivity contribution is 5.91. The van der Waals surface area contributed by atoms with Crippen molar-refractivity contribution < 1.29 is 48.0 Å². The van der Waals surface area contributed by atoms with Crippen molar-refractivity contribution in [2.24, 2.45) is 0 Å². The molecule has 1 aliphatic heterocycles. The second-order valence-electron chi connectivity index (χ2n) is 9.74. The molecule has 4 aromatic carbocycles. The number of ether oxygens (including phenoxy) is 5. The first-order valence-corrected chi connectivity index (χ1v) is 13.7. The number of benzene rings is 4.